The first-order valence-electron chi connectivity index (χ1n) is 10.5. The van der Waals surface area contributed by atoms with Crippen molar-refractivity contribution in [3.05, 3.63) is 70.8 Å². The molecule has 0 saturated carbocycles. The third-order valence-corrected chi connectivity index (χ3v) is 6.09. The highest BCUT2D eigenvalue weighted by molar-refractivity contribution is 7.71. The van der Waals surface area contributed by atoms with E-state index in [1.54, 1.807) is 6.33 Å². The minimum Gasteiger partial charge on any atom is -0.324 e. The molecule has 0 aliphatic carbocycles. The zero-order chi connectivity index (χ0) is 21.8. The van der Waals surface area contributed by atoms with E-state index in [9.17, 15) is 4.79 Å². The summed E-state index contributed by atoms with van der Waals surface area (Å²) < 4.78 is 4.45. The van der Waals surface area contributed by atoms with Crippen molar-refractivity contribution < 1.29 is 4.79 Å². The number of piperazine rings is 1. The predicted molar refractivity (Wildman–Crippen MR) is 125 cm³/mol. The Labute approximate surface area is 187 Å². The van der Waals surface area contributed by atoms with E-state index in [1.165, 1.54) is 0 Å². The van der Waals surface area contributed by atoms with E-state index in [0.29, 0.717) is 18.0 Å². The number of hydrogen-bond donors (Lipinski definition) is 1. The number of aryl methyl sites for hydroxylation is 2. The summed E-state index contributed by atoms with van der Waals surface area (Å²) in [6.07, 6.45) is 1.77. The van der Waals surface area contributed by atoms with Gasteiger partial charge in [0.05, 0.1) is 13.2 Å². The van der Waals surface area contributed by atoms with E-state index < -0.39 is 0 Å². The smallest absolute Gasteiger partial charge is 0.238 e. The van der Waals surface area contributed by atoms with Crippen molar-refractivity contribution in [2.24, 2.45) is 0 Å². The van der Waals surface area contributed by atoms with Crippen LogP contribution in [0.1, 0.15) is 11.1 Å². The van der Waals surface area contributed by atoms with E-state index in [-0.39, 0.29) is 5.91 Å². The van der Waals surface area contributed by atoms with Gasteiger partial charge >= 0.3 is 0 Å². The van der Waals surface area contributed by atoms with Gasteiger partial charge in [0.2, 0.25) is 10.7 Å². The lowest BCUT2D eigenvalue weighted by atomic mass is 10.1. The van der Waals surface area contributed by atoms with E-state index in [2.05, 4.69) is 20.2 Å². The fourth-order valence-electron chi connectivity index (χ4n) is 3.87. The number of anilines is 1. The highest BCUT2D eigenvalue weighted by atomic mass is 32.1. The molecule has 1 aromatic heterocycles. The number of benzene rings is 2. The van der Waals surface area contributed by atoms with Gasteiger partial charge in [-0.25, -0.2) is 4.68 Å². The van der Waals surface area contributed by atoms with Crippen molar-refractivity contribution >= 4 is 23.8 Å². The SMILES string of the molecule is Cc1cccc(C)c1NC(=O)CN1CCN(Cn2ncn(-c3ccccc3)c2=S)CC1. The summed E-state index contributed by atoms with van der Waals surface area (Å²) in [7, 11) is 0. The second-order valence-corrected chi connectivity index (χ2v) is 8.33. The van der Waals surface area contributed by atoms with Gasteiger partial charge in [0.1, 0.15) is 6.33 Å². The summed E-state index contributed by atoms with van der Waals surface area (Å²) in [5.41, 5.74) is 4.11. The van der Waals surface area contributed by atoms with Gasteiger partial charge in [-0.15, -0.1) is 0 Å². The van der Waals surface area contributed by atoms with Crippen LogP contribution in [0.3, 0.4) is 0 Å². The molecule has 1 amide bonds. The molecule has 1 fully saturated rings. The topological polar surface area (TPSA) is 58.3 Å². The van der Waals surface area contributed by atoms with Crippen LogP contribution in [0.25, 0.3) is 5.69 Å². The van der Waals surface area contributed by atoms with Crippen LogP contribution in [0.4, 0.5) is 5.69 Å². The number of rotatable bonds is 6. The monoisotopic (exact) mass is 436 g/mol. The molecular weight excluding hydrogens is 408 g/mol. The third kappa shape index (κ3) is 5.10. The Morgan fingerprint density at radius 3 is 2.29 bits per heavy atom. The molecule has 1 N–H and O–H groups in total. The van der Waals surface area contributed by atoms with Gasteiger partial charge in [-0.3, -0.25) is 19.2 Å². The van der Waals surface area contributed by atoms with Gasteiger partial charge in [0.25, 0.3) is 0 Å². The number of carbonyl (C=O) groups is 1. The molecule has 0 unspecified atom stereocenters. The highest BCUT2D eigenvalue weighted by Gasteiger charge is 2.20. The molecule has 0 atom stereocenters. The van der Waals surface area contributed by atoms with Crippen LogP contribution in [0.5, 0.6) is 0 Å². The fourth-order valence-corrected chi connectivity index (χ4v) is 4.13. The molecule has 2 heterocycles. The van der Waals surface area contributed by atoms with Crippen LogP contribution < -0.4 is 5.32 Å². The largest absolute Gasteiger partial charge is 0.324 e. The van der Waals surface area contributed by atoms with E-state index in [0.717, 1.165) is 48.7 Å². The van der Waals surface area contributed by atoms with Crippen LogP contribution >= 0.6 is 12.2 Å². The second kappa shape index (κ2) is 9.55. The highest BCUT2D eigenvalue weighted by Crippen LogP contribution is 2.19. The number of nitrogens with zero attached hydrogens (tertiary/aromatic N) is 5. The molecule has 4 rings (SSSR count). The zero-order valence-electron chi connectivity index (χ0n) is 18.0. The summed E-state index contributed by atoms with van der Waals surface area (Å²) in [5.74, 6) is 0.0367. The van der Waals surface area contributed by atoms with Crippen molar-refractivity contribution in [2.45, 2.75) is 20.5 Å². The standard InChI is InChI=1S/C23H28N6OS/c1-18-7-6-8-19(2)22(18)25-21(30)15-26-11-13-27(14-12-26)17-29-23(31)28(16-24-29)20-9-4-3-5-10-20/h3-10,16H,11-15,17H2,1-2H3,(H,25,30). The first-order valence-corrected chi connectivity index (χ1v) is 10.9. The van der Waals surface area contributed by atoms with Crippen LogP contribution in [-0.2, 0) is 11.5 Å². The van der Waals surface area contributed by atoms with Crippen LogP contribution in [0, 0.1) is 18.6 Å². The third-order valence-electron chi connectivity index (χ3n) is 5.68. The van der Waals surface area contributed by atoms with E-state index >= 15 is 0 Å². The average molecular weight is 437 g/mol. The Kier molecular flexibility index (Phi) is 6.60. The maximum absolute atomic E-state index is 12.5. The van der Waals surface area contributed by atoms with Gasteiger partial charge in [-0.05, 0) is 49.3 Å². The van der Waals surface area contributed by atoms with Crippen molar-refractivity contribution in [2.75, 3.05) is 38.0 Å². The number of para-hydroxylation sites is 2. The number of aromatic nitrogens is 3. The molecule has 0 radical (unpaired) electrons. The first kappa shape index (κ1) is 21.4. The molecule has 1 saturated heterocycles. The number of hydrogen-bond acceptors (Lipinski definition) is 5. The average Bonchev–Trinajstić information content (AvgIpc) is 3.13. The lowest BCUT2D eigenvalue weighted by molar-refractivity contribution is -0.117. The molecule has 1 aliphatic heterocycles. The van der Waals surface area contributed by atoms with Gasteiger partial charge in [-0.1, -0.05) is 36.4 Å². The molecular formula is C23H28N6OS. The van der Waals surface area contributed by atoms with Crippen LogP contribution in [-0.4, -0.2) is 62.8 Å². The summed E-state index contributed by atoms with van der Waals surface area (Å²) in [4.78, 5) is 17.1. The normalized spacial score (nSPS) is 15.2. The maximum Gasteiger partial charge on any atom is 0.238 e. The number of amides is 1. The Balaban J connectivity index is 1.29. The van der Waals surface area contributed by atoms with Crippen molar-refractivity contribution in [3.8, 4) is 5.69 Å². The van der Waals surface area contributed by atoms with Gasteiger partial charge in [0.15, 0.2) is 0 Å². The van der Waals surface area contributed by atoms with E-state index in [4.69, 9.17) is 12.2 Å². The molecule has 3 aromatic rings. The molecule has 0 spiro atoms. The lowest BCUT2D eigenvalue weighted by Gasteiger charge is -2.34. The van der Waals surface area contributed by atoms with Gasteiger partial charge < -0.3 is 5.32 Å². The fraction of sp³-hybridized carbons (Fsp3) is 0.348. The van der Waals surface area contributed by atoms with Crippen molar-refractivity contribution in [1.29, 1.82) is 0 Å². The lowest BCUT2D eigenvalue weighted by Crippen LogP contribution is -2.49. The minimum absolute atomic E-state index is 0.0367. The molecule has 7 nitrogen and oxygen atoms in total. The Morgan fingerprint density at radius 1 is 0.968 bits per heavy atom. The molecule has 8 heteroatoms. The summed E-state index contributed by atoms with van der Waals surface area (Å²) >= 11 is 5.61. The molecule has 1 aliphatic rings. The number of carbonyl (C=O) groups excluding carboxylic acids is 1. The zero-order valence-corrected chi connectivity index (χ0v) is 18.8. The Morgan fingerprint density at radius 2 is 1.61 bits per heavy atom. The number of nitrogens with one attached hydrogen (secondary N) is 1. The molecule has 162 valence electrons. The maximum atomic E-state index is 12.5. The first-order chi connectivity index (χ1) is 15.0. The van der Waals surface area contributed by atoms with Gasteiger partial charge in [0, 0.05) is 37.6 Å². The van der Waals surface area contributed by atoms with Crippen molar-refractivity contribution in [1.82, 2.24) is 24.1 Å². The predicted octanol–water partition coefficient (Wildman–Crippen LogP) is 3.23. The summed E-state index contributed by atoms with van der Waals surface area (Å²) in [5, 5.41) is 7.55. The van der Waals surface area contributed by atoms with E-state index in [1.807, 2.05) is 71.6 Å². The molecule has 31 heavy (non-hydrogen) atoms. The summed E-state index contributed by atoms with van der Waals surface area (Å²) in [6, 6.07) is 16.0. The summed E-state index contributed by atoms with van der Waals surface area (Å²) in [6.45, 7) is 8.52. The van der Waals surface area contributed by atoms with Gasteiger partial charge in [-0.2, -0.15) is 5.10 Å². The minimum atomic E-state index is 0.0367. The quantitative estimate of drug-likeness (QED) is 0.601. The van der Waals surface area contributed by atoms with Crippen LogP contribution in [0.15, 0.2) is 54.9 Å². The molecule has 0 bridgehead atoms. The van der Waals surface area contributed by atoms with Crippen LogP contribution in [0.2, 0.25) is 0 Å². The molecule has 2 aromatic carbocycles. The Hall–Kier alpha value is -2.81. The Bertz CT molecular complexity index is 1080. The second-order valence-electron chi connectivity index (χ2n) is 7.97. The van der Waals surface area contributed by atoms with Crippen molar-refractivity contribution in [3.63, 3.8) is 0 Å².